The van der Waals surface area contributed by atoms with Gasteiger partial charge in [0.15, 0.2) is 0 Å². The quantitative estimate of drug-likeness (QED) is 0.230. The van der Waals surface area contributed by atoms with Crippen LogP contribution < -0.4 is 15.0 Å². The average Bonchev–Trinajstić information content (AvgIpc) is 3.03. The summed E-state index contributed by atoms with van der Waals surface area (Å²) in [7, 11) is 0. The van der Waals surface area contributed by atoms with Crippen LogP contribution in [0, 0.1) is 20.8 Å². The maximum absolute atomic E-state index is 13.0. The number of imide groups is 1. The number of hydrogen-bond acceptors (Lipinski definition) is 5. The van der Waals surface area contributed by atoms with Gasteiger partial charge in [-0.05, 0) is 79.9 Å². The van der Waals surface area contributed by atoms with Crippen LogP contribution in [0.5, 0.6) is 5.75 Å². The Bertz CT molecular complexity index is 1410. The lowest BCUT2D eigenvalue weighted by Crippen LogP contribution is -2.32. The SMILES string of the molecule is Cc1ccc(C)c(OC(=O)c2ccc(NC3=C(Cl)C(=O)N(c4ccc(Cl)cc4Cl)C3=O)cc2)c1C. The number of ether oxygens (including phenoxy) is 1. The Labute approximate surface area is 217 Å². The summed E-state index contributed by atoms with van der Waals surface area (Å²) in [5.41, 5.74) is 3.60. The fourth-order valence-electron chi connectivity index (χ4n) is 3.56. The number of carbonyl (C=O) groups excluding carboxylic acids is 3. The molecule has 3 aromatic carbocycles. The van der Waals surface area contributed by atoms with Gasteiger partial charge in [0, 0.05) is 10.7 Å². The Balaban J connectivity index is 1.51. The standard InChI is InChI=1S/C26H19Cl3N2O4/c1-13-4-5-14(2)23(15(13)3)35-26(34)16-6-9-18(10-7-16)30-22-21(29)24(32)31(25(22)33)20-11-8-17(27)12-19(20)28/h4-12,30H,1-3H3. The summed E-state index contributed by atoms with van der Waals surface area (Å²) in [4.78, 5) is 39.2. The Morgan fingerprint density at radius 1 is 0.857 bits per heavy atom. The normalized spacial score (nSPS) is 13.5. The Kier molecular flexibility index (Phi) is 6.90. The first-order chi connectivity index (χ1) is 16.6. The summed E-state index contributed by atoms with van der Waals surface area (Å²) in [6.07, 6.45) is 0. The van der Waals surface area contributed by atoms with E-state index in [0.717, 1.165) is 21.6 Å². The van der Waals surface area contributed by atoms with Crippen molar-refractivity contribution in [3.05, 3.63) is 97.6 Å². The molecule has 0 aliphatic carbocycles. The van der Waals surface area contributed by atoms with Gasteiger partial charge in [-0.15, -0.1) is 0 Å². The molecule has 0 aromatic heterocycles. The van der Waals surface area contributed by atoms with Crippen LogP contribution in [0.25, 0.3) is 0 Å². The highest BCUT2D eigenvalue weighted by Crippen LogP contribution is 2.35. The summed E-state index contributed by atoms with van der Waals surface area (Å²) < 4.78 is 5.63. The third-order valence-electron chi connectivity index (χ3n) is 5.64. The van der Waals surface area contributed by atoms with Gasteiger partial charge in [-0.25, -0.2) is 9.69 Å². The van der Waals surface area contributed by atoms with E-state index in [-0.39, 0.29) is 21.4 Å². The molecular formula is C26H19Cl3N2O4. The van der Waals surface area contributed by atoms with Crippen molar-refractivity contribution in [1.82, 2.24) is 0 Å². The number of aryl methyl sites for hydroxylation is 2. The first-order valence-electron chi connectivity index (χ1n) is 10.5. The minimum absolute atomic E-state index is 0.107. The molecule has 1 aliphatic heterocycles. The first-order valence-corrected chi connectivity index (χ1v) is 11.6. The lowest BCUT2D eigenvalue weighted by atomic mass is 10.1. The van der Waals surface area contributed by atoms with E-state index in [1.165, 1.54) is 18.2 Å². The van der Waals surface area contributed by atoms with E-state index in [4.69, 9.17) is 39.5 Å². The monoisotopic (exact) mass is 528 g/mol. The number of nitrogens with zero attached hydrogens (tertiary/aromatic N) is 1. The van der Waals surface area contributed by atoms with Gasteiger partial charge in [-0.2, -0.15) is 0 Å². The van der Waals surface area contributed by atoms with Crippen LogP contribution in [-0.4, -0.2) is 17.8 Å². The van der Waals surface area contributed by atoms with Gasteiger partial charge in [0.05, 0.1) is 16.3 Å². The second-order valence-electron chi connectivity index (χ2n) is 7.98. The van der Waals surface area contributed by atoms with E-state index in [9.17, 15) is 14.4 Å². The summed E-state index contributed by atoms with van der Waals surface area (Å²) in [5.74, 6) is -1.36. The predicted octanol–water partition coefficient (Wildman–Crippen LogP) is 6.57. The van der Waals surface area contributed by atoms with Crippen molar-refractivity contribution >= 4 is 64.0 Å². The summed E-state index contributed by atoms with van der Waals surface area (Å²) in [6, 6.07) is 14.5. The lowest BCUT2D eigenvalue weighted by Gasteiger charge is -2.16. The molecule has 1 N–H and O–H groups in total. The minimum atomic E-state index is -0.715. The first kappa shape index (κ1) is 24.8. The van der Waals surface area contributed by atoms with E-state index in [0.29, 0.717) is 22.0 Å². The van der Waals surface area contributed by atoms with Gasteiger partial charge in [0.2, 0.25) is 0 Å². The number of amides is 2. The number of anilines is 2. The van der Waals surface area contributed by atoms with E-state index >= 15 is 0 Å². The van der Waals surface area contributed by atoms with Crippen molar-refractivity contribution in [2.24, 2.45) is 0 Å². The minimum Gasteiger partial charge on any atom is -0.422 e. The largest absolute Gasteiger partial charge is 0.422 e. The number of esters is 1. The molecule has 0 saturated carbocycles. The highest BCUT2D eigenvalue weighted by Gasteiger charge is 2.39. The van der Waals surface area contributed by atoms with Crippen LogP contribution in [0.2, 0.25) is 10.0 Å². The van der Waals surface area contributed by atoms with E-state index < -0.39 is 17.8 Å². The van der Waals surface area contributed by atoms with Crippen molar-refractivity contribution in [3.63, 3.8) is 0 Å². The molecule has 2 amide bonds. The summed E-state index contributed by atoms with van der Waals surface area (Å²) in [5, 5.41) is 3.07. The topological polar surface area (TPSA) is 75.7 Å². The second-order valence-corrected chi connectivity index (χ2v) is 9.20. The van der Waals surface area contributed by atoms with Crippen molar-refractivity contribution in [1.29, 1.82) is 0 Å². The molecule has 0 saturated heterocycles. The molecule has 35 heavy (non-hydrogen) atoms. The van der Waals surface area contributed by atoms with Crippen molar-refractivity contribution in [3.8, 4) is 5.75 Å². The smallest absolute Gasteiger partial charge is 0.343 e. The van der Waals surface area contributed by atoms with E-state index in [2.05, 4.69) is 5.32 Å². The lowest BCUT2D eigenvalue weighted by molar-refractivity contribution is -0.120. The van der Waals surface area contributed by atoms with Crippen molar-refractivity contribution in [2.75, 3.05) is 10.2 Å². The number of rotatable bonds is 5. The van der Waals surface area contributed by atoms with Crippen molar-refractivity contribution < 1.29 is 19.1 Å². The van der Waals surface area contributed by atoms with Crippen LogP contribution in [0.1, 0.15) is 27.0 Å². The highest BCUT2D eigenvalue weighted by molar-refractivity contribution is 6.53. The van der Waals surface area contributed by atoms with Gasteiger partial charge < -0.3 is 10.1 Å². The predicted molar refractivity (Wildman–Crippen MR) is 138 cm³/mol. The molecule has 0 radical (unpaired) electrons. The molecule has 0 unspecified atom stereocenters. The fourth-order valence-corrected chi connectivity index (χ4v) is 4.27. The molecule has 0 atom stereocenters. The maximum Gasteiger partial charge on any atom is 0.343 e. The van der Waals surface area contributed by atoms with Gasteiger partial charge in [-0.1, -0.05) is 46.9 Å². The van der Waals surface area contributed by atoms with Gasteiger partial charge in [-0.3, -0.25) is 9.59 Å². The molecule has 0 fully saturated rings. The maximum atomic E-state index is 13.0. The van der Waals surface area contributed by atoms with Crippen LogP contribution in [0.3, 0.4) is 0 Å². The fraction of sp³-hybridized carbons (Fsp3) is 0.115. The molecule has 1 heterocycles. The Morgan fingerprint density at radius 3 is 2.17 bits per heavy atom. The highest BCUT2D eigenvalue weighted by atomic mass is 35.5. The van der Waals surface area contributed by atoms with Crippen LogP contribution >= 0.6 is 34.8 Å². The molecule has 3 aromatic rings. The zero-order valence-corrected chi connectivity index (χ0v) is 21.2. The number of hydrogen-bond donors (Lipinski definition) is 1. The number of benzene rings is 3. The molecule has 6 nitrogen and oxygen atoms in total. The van der Waals surface area contributed by atoms with Crippen LogP contribution in [0.4, 0.5) is 11.4 Å². The molecule has 1 aliphatic rings. The van der Waals surface area contributed by atoms with Crippen LogP contribution in [0.15, 0.2) is 65.3 Å². The molecule has 178 valence electrons. The van der Waals surface area contributed by atoms with E-state index in [1.54, 1.807) is 24.3 Å². The summed E-state index contributed by atoms with van der Waals surface area (Å²) >= 11 is 18.3. The second kappa shape index (κ2) is 9.74. The Hall–Kier alpha value is -3.32. The Morgan fingerprint density at radius 2 is 1.51 bits per heavy atom. The van der Waals surface area contributed by atoms with Gasteiger partial charge in [0.25, 0.3) is 11.8 Å². The average molecular weight is 530 g/mol. The number of halogens is 3. The third-order valence-corrected chi connectivity index (χ3v) is 6.52. The zero-order valence-electron chi connectivity index (χ0n) is 18.9. The third kappa shape index (κ3) is 4.78. The summed E-state index contributed by atoms with van der Waals surface area (Å²) in [6.45, 7) is 5.72. The molecule has 9 heteroatoms. The van der Waals surface area contributed by atoms with Gasteiger partial charge >= 0.3 is 5.97 Å². The number of carbonyl (C=O) groups is 3. The molecular weight excluding hydrogens is 511 g/mol. The number of nitrogens with one attached hydrogen (secondary N) is 1. The van der Waals surface area contributed by atoms with E-state index in [1.807, 2.05) is 32.9 Å². The molecule has 0 bridgehead atoms. The van der Waals surface area contributed by atoms with Gasteiger partial charge in [0.1, 0.15) is 16.5 Å². The zero-order chi connectivity index (χ0) is 25.4. The van der Waals surface area contributed by atoms with Crippen molar-refractivity contribution in [2.45, 2.75) is 20.8 Å². The van der Waals surface area contributed by atoms with Crippen LogP contribution in [-0.2, 0) is 9.59 Å². The molecule has 0 spiro atoms. The molecule has 4 rings (SSSR count).